The molecule has 0 saturated carbocycles. The van der Waals surface area contributed by atoms with E-state index in [2.05, 4.69) is 4.74 Å². The average Bonchev–Trinajstić information content (AvgIpc) is 2.45. The van der Waals surface area contributed by atoms with Crippen LogP contribution in [0.2, 0.25) is 6.82 Å². The smallest absolute Gasteiger partial charge is 0.376 e. The zero-order chi connectivity index (χ0) is 14.7. The zero-order valence-corrected chi connectivity index (χ0v) is 11.9. The Hall–Kier alpha value is -1.53. The third kappa shape index (κ3) is 3.14. The highest BCUT2D eigenvalue weighted by Gasteiger charge is 2.25. The lowest BCUT2D eigenvalue weighted by molar-refractivity contribution is -0.140. The molecule has 0 unspecified atom stereocenters. The zero-order valence-electron chi connectivity index (χ0n) is 11.9. The first-order valence-electron chi connectivity index (χ1n) is 6.84. The topological polar surface area (TPSA) is 70.0 Å². The van der Waals surface area contributed by atoms with E-state index in [0.29, 0.717) is 31.6 Å². The van der Waals surface area contributed by atoms with Crippen molar-refractivity contribution in [3.8, 4) is 5.75 Å². The molecule has 0 radical (unpaired) electrons. The molecule has 20 heavy (non-hydrogen) atoms. The number of hydrogen-bond acceptors (Lipinski definition) is 5. The van der Waals surface area contributed by atoms with Gasteiger partial charge in [-0.2, -0.15) is 0 Å². The molecule has 2 rings (SSSR count). The van der Waals surface area contributed by atoms with E-state index in [1.54, 1.807) is 12.9 Å². The number of methoxy groups -OCH3 is 1. The van der Waals surface area contributed by atoms with Gasteiger partial charge in [0.15, 0.2) is 0 Å². The number of fused-ring (bicyclic) bond motifs is 1. The molecule has 0 amide bonds. The van der Waals surface area contributed by atoms with Crippen molar-refractivity contribution >= 4 is 13.0 Å². The number of phenols is 1. The quantitative estimate of drug-likeness (QED) is 0.634. The summed E-state index contributed by atoms with van der Waals surface area (Å²) in [7, 11) is 0.864. The molecule has 2 N–H and O–H groups in total. The molecule has 1 aliphatic heterocycles. The summed E-state index contributed by atoms with van der Waals surface area (Å²) in [5.41, 5.74) is 3.00. The van der Waals surface area contributed by atoms with Gasteiger partial charge in [0.1, 0.15) is 5.75 Å². The van der Waals surface area contributed by atoms with E-state index < -0.39 is 7.05 Å². The van der Waals surface area contributed by atoms with Crippen molar-refractivity contribution in [2.45, 2.75) is 32.6 Å². The number of rotatable bonds is 4. The second-order valence-corrected chi connectivity index (χ2v) is 5.13. The fourth-order valence-corrected chi connectivity index (χ4v) is 2.63. The molecular weight excluding hydrogens is 257 g/mol. The van der Waals surface area contributed by atoms with E-state index in [-0.39, 0.29) is 5.97 Å². The number of nitrogens with zero attached hydrogens (tertiary/aromatic N) is 1. The Labute approximate surface area is 119 Å². The normalized spacial score (nSPS) is 14.8. The van der Waals surface area contributed by atoms with Crippen LogP contribution in [-0.2, 0) is 28.9 Å². The molecule has 1 heterocycles. The average molecular weight is 277 g/mol. The maximum absolute atomic E-state index is 11.3. The lowest BCUT2D eigenvalue weighted by atomic mass is 9.80. The van der Waals surface area contributed by atoms with Gasteiger partial charge < -0.3 is 19.7 Å². The Kier molecular flexibility index (Phi) is 4.67. The predicted octanol–water partition coefficient (Wildman–Crippen LogP) is 0.966. The van der Waals surface area contributed by atoms with Crippen LogP contribution in [0.4, 0.5) is 0 Å². The van der Waals surface area contributed by atoms with Gasteiger partial charge in [-0.05, 0) is 49.0 Å². The van der Waals surface area contributed by atoms with Gasteiger partial charge in [-0.1, -0.05) is 6.07 Å². The van der Waals surface area contributed by atoms with Gasteiger partial charge in [-0.25, -0.2) is 0 Å². The Bertz CT molecular complexity index is 504. The fourth-order valence-electron chi connectivity index (χ4n) is 2.63. The molecule has 1 aromatic rings. The van der Waals surface area contributed by atoms with E-state index >= 15 is 0 Å². The minimum Gasteiger partial charge on any atom is -0.508 e. The van der Waals surface area contributed by atoms with Gasteiger partial charge in [0, 0.05) is 13.0 Å². The number of carbonyl (C=O) groups is 1. The monoisotopic (exact) mass is 277 g/mol. The third-order valence-corrected chi connectivity index (χ3v) is 3.87. The van der Waals surface area contributed by atoms with Crippen molar-refractivity contribution in [1.82, 2.24) is 4.81 Å². The Morgan fingerprint density at radius 2 is 2.20 bits per heavy atom. The van der Waals surface area contributed by atoms with E-state index in [0.717, 1.165) is 23.2 Å². The molecule has 0 aromatic heterocycles. The van der Waals surface area contributed by atoms with Crippen LogP contribution in [0.3, 0.4) is 0 Å². The lowest BCUT2D eigenvalue weighted by Crippen LogP contribution is -2.41. The molecule has 1 aliphatic rings. The van der Waals surface area contributed by atoms with Crippen LogP contribution in [0.15, 0.2) is 12.1 Å². The molecule has 1 aromatic carbocycles. The molecule has 0 atom stereocenters. The summed E-state index contributed by atoms with van der Waals surface area (Å²) in [6.45, 7) is 3.05. The summed E-state index contributed by atoms with van der Waals surface area (Å²) in [6.07, 6.45) is 1.61. The van der Waals surface area contributed by atoms with Crippen LogP contribution in [0.1, 0.15) is 23.1 Å². The van der Waals surface area contributed by atoms with Crippen LogP contribution in [0.25, 0.3) is 0 Å². The predicted molar refractivity (Wildman–Crippen MR) is 76.4 cm³/mol. The SMILES string of the molecule is COC(=O)CCc1ccc(O)c2c1CN(B(C)O)CC2. The number of carbonyl (C=O) groups excluding carboxylic acids is 1. The van der Waals surface area contributed by atoms with Crippen molar-refractivity contribution in [2.75, 3.05) is 13.7 Å². The van der Waals surface area contributed by atoms with Gasteiger partial charge in [0.2, 0.25) is 0 Å². The van der Waals surface area contributed by atoms with Gasteiger partial charge in [-0.15, -0.1) is 0 Å². The highest BCUT2D eigenvalue weighted by molar-refractivity contribution is 6.45. The minimum absolute atomic E-state index is 0.241. The number of benzene rings is 1. The van der Waals surface area contributed by atoms with Crippen molar-refractivity contribution in [3.05, 3.63) is 28.8 Å². The lowest BCUT2D eigenvalue weighted by Gasteiger charge is -2.31. The van der Waals surface area contributed by atoms with Crippen molar-refractivity contribution < 1.29 is 19.7 Å². The number of hydrogen-bond donors (Lipinski definition) is 2. The van der Waals surface area contributed by atoms with Gasteiger partial charge in [-0.3, -0.25) is 4.79 Å². The standard InChI is InChI=1S/C14H20BNO4/c1-15(19)16-8-7-11-12(9-16)10(3-5-13(11)17)4-6-14(18)20-2/h3,5,17,19H,4,6-9H2,1-2H3. The highest BCUT2D eigenvalue weighted by Crippen LogP contribution is 2.30. The van der Waals surface area contributed by atoms with Crippen molar-refractivity contribution in [2.24, 2.45) is 0 Å². The molecule has 6 heteroatoms. The summed E-state index contributed by atoms with van der Waals surface area (Å²) in [5, 5.41) is 19.7. The number of ether oxygens (including phenoxy) is 1. The van der Waals surface area contributed by atoms with E-state index in [9.17, 15) is 14.9 Å². The largest absolute Gasteiger partial charge is 0.508 e. The van der Waals surface area contributed by atoms with Crippen LogP contribution < -0.4 is 0 Å². The molecule has 0 aliphatic carbocycles. The first-order chi connectivity index (χ1) is 9.52. The van der Waals surface area contributed by atoms with Gasteiger partial charge in [0.05, 0.1) is 7.11 Å². The number of aryl methyl sites for hydroxylation is 1. The van der Waals surface area contributed by atoms with Crippen LogP contribution in [0.5, 0.6) is 5.75 Å². The Morgan fingerprint density at radius 3 is 2.85 bits per heavy atom. The van der Waals surface area contributed by atoms with Gasteiger partial charge in [0.25, 0.3) is 0 Å². The molecule has 0 bridgehead atoms. The molecule has 0 spiro atoms. The molecule has 5 nitrogen and oxygen atoms in total. The maximum Gasteiger partial charge on any atom is 0.376 e. The van der Waals surface area contributed by atoms with Crippen molar-refractivity contribution in [1.29, 1.82) is 0 Å². The van der Waals surface area contributed by atoms with Crippen LogP contribution in [0, 0.1) is 0 Å². The fraction of sp³-hybridized carbons (Fsp3) is 0.500. The summed E-state index contributed by atoms with van der Waals surface area (Å²) in [4.78, 5) is 13.2. The van der Waals surface area contributed by atoms with Crippen LogP contribution in [-0.4, -0.2) is 41.6 Å². The summed E-state index contributed by atoms with van der Waals surface area (Å²) < 4.78 is 4.66. The van der Waals surface area contributed by atoms with E-state index in [1.807, 2.05) is 10.9 Å². The molecule has 0 saturated heterocycles. The summed E-state index contributed by atoms with van der Waals surface area (Å²) in [5.74, 6) is 0.0575. The second-order valence-electron chi connectivity index (χ2n) is 5.13. The Morgan fingerprint density at radius 1 is 1.45 bits per heavy atom. The highest BCUT2D eigenvalue weighted by atomic mass is 16.5. The first kappa shape index (κ1) is 14.9. The van der Waals surface area contributed by atoms with E-state index in [4.69, 9.17) is 0 Å². The first-order valence-corrected chi connectivity index (χ1v) is 6.84. The summed E-state index contributed by atoms with van der Waals surface area (Å²) >= 11 is 0. The van der Waals surface area contributed by atoms with Crippen molar-refractivity contribution in [3.63, 3.8) is 0 Å². The van der Waals surface area contributed by atoms with Gasteiger partial charge >= 0.3 is 13.0 Å². The number of aromatic hydroxyl groups is 1. The van der Waals surface area contributed by atoms with Crippen LogP contribution >= 0.6 is 0 Å². The number of esters is 1. The summed E-state index contributed by atoms with van der Waals surface area (Å²) in [6, 6.07) is 3.53. The maximum atomic E-state index is 11.3. The number of phenolic OH excluding ortho intramolecular Hbond substituents is 1. The Balaban J connectivity index is 2.23. The second kappa shape index (κ2) is 6.28. The third-order valence-electron chi connectivity index (χ3n) is 3.87. The van der Waals surface area contributed by atoms with E-state index in [1.165, 1.54) is 7.11 Å². The molecule has 0 fully saturated rings. The molecular formula is C14H20BNO4. The molecule has 108 valence electrons. The minimum atomic E-state index is -0.515.